The largest absolute Gasteiger partial charge is 0.368 e. The lowest BCUT2D eigenvalue weighted by molar-refractivity contribution is -0.138. The molecule has 0 saturated carbocycles. The van der Waals surface area contributed by atoms with Crippen LogP contribution in [0.2, 0.25) is 10.0 Å². The van der Waals surface area contributed by atoms with E-state index < -0.39 is 11.8 Å². The molecule has 2 aromatic carbocycles. The quantitative estimate of drug-likeness (QED) is 0.490. The number of nitrogens with zero attached hydrogens (tertiary/aromatic N) is 3. The number of hydrogen-bond acceptors (Lipinski definition) is 5. The number of piperazine rings is 1. The molecule has 0 bridgehead atoms. The average Bonchev–Trinajstić information content (AvgIpc) is 3.18. The summed E-state index contributed by atoms with van der Waals surface area (Å²) in [6.07, 6.45) is 0. The SMILES string of the molecule is Cn1c(C(=O)NNC(=O)COCC(=O)N2CCN(c3cccc(Cl)c3)CC2)cc2cc(Cl)ccc21. The Labute approximate surface area is 212 Å². The van der Waals surface area contributed by atoms with Crippen LogP contribution in [0.5, 0.6) is 0 Å². The van der Waals surface area contributed by atoms with Crippen molar-refractivity contribution in [2.24, 2.45) is 7.05 Å². The summed E-state index contributed by atoms with van der Waals surface area (Å²) in [6, 6.07) is 14.6. The van der Waals surface area contributed by atoms with Crippen molar-refractivity contribution >= 4 is 57.5 Å². The second-order valence-corrected chi connectivity index (χ2v) is 9.01. The number of carbonyl (C=O) groups is 3. The normalized spacial score (nSPS) is 13.7. The van der Waals surface area contributed by atoms with Gasteiger partial charge < -0.3 is 19.1 Å². The van der Waals surface area contributed by atoms with E-state index in [1.165, 1.54) is 0 Å². The molecule has 11 heteroatoms. The number of carbonyl (C=O) groups excluding carboxylic acids is 3. The van der Waals surface area contributed by atoms with Crippen molar-refractivity contribution in [3.8, 4) is 0 Å². The number of hydrazine groups is 1. The van der Waals surface area contributed by atoms with Crippen LogP contribution in [-0.2, 0) is 21.4 Å². The molecule has 35 heavy (non-hydrogen) atoms. The standard InChI is InChI=1S/C24H25Cl2N5O4/c1-29-20-6-5-18(26)11-16(20)12-21(29)24(34)28-27-22(32)14-35-15-23(33)31-9-7-30(8-10-31)19-4-2-3-17(25)13-19/h2-6,11-13H,7-10,14-15H2,1H3,(H,27,32)(H,28,34). The fourth-order valence-electron chi connectivity index (χ4n) is 3.97. The summed E-state index contributed by atoms with van der Waals surface area (Å²) in [5, 5.41) is 2.05. The van der Waals surface area contributed by atoms with Crippen molar-refractivity contribution < 1.29 is 19.1 Å². The van der Waals surface area contributed by atoms with Gasteiger partial charge in [-0.1, -0.05) is 29.3 Å². The number of aromatic nitrogens is 1. The molecule has 0 spiro atoms. The average molecular weight is 518 g/mol. The molecule has 0 unspecified atom stereocenters. The van der Waals surface area contributed by atoms with Gasteiger partial charge in [-0.25, -0.2) is 0 Å². The summed E-state index contributed by atoms with van der Waals surface area (Å²) in [5.74, 6) is -1.25. The first-order valence-corrected chi connectivity index (χ1v) is 11.8. The van der Waals surface area contributed by atoms with Gasteiger partial charge in [0.1, 0.15) is 18.9 Å². The first-order valence-electron chi connectivity index (χ1n) is 11.0. The first kappa shape index (κ1) is 24.8. The van der Waals surface area contributed by atoms with Gasteiger partial charge in [-0.3, -0.25) is 25.2 Å². The van der Waals surface area contributed by atoms with Gasteiger partial charge in [0.15, 0.2) is 0 Å². The highest BCUT2D eigenvalue weighted by Gasteiger charge is 2.22. The number of amides is 3. The number of anilines is 1. The summed E-state index contributed by atoms with van der Waals surface area (Å²) in [5.41, 5.74) is 6.87. The number of hydrogen-bond donors (Lipinski definition) is 2. The van der Waals surface area contributed by atoms with E-state index in [2.05, 4.69) is 15.8 Å². The van der Waals surface area contributed by atoms with Crippen LogP contribution in [0.1, 0.15) is 10.5 Å². The molecule has 3 aromatic rings. The van der Waals surface area contributed by atoms with Crippen LogP contribution >= 0.6 is 23.2 Å². The van der Waals surface area contributed by atoms with Crippen LogP contribution in [0.15, 0.2) is 48.5 Å². The molecular formula is C24H25Cl2N5O4. The Morgan fingerprint density at radius 1 is 0.914 bits per heavy atom. The summed E-state index contributed by atoms with van der Waals surface area (Å²) >= 11 is 12.1. The van der Waals surface area contributed by atoms with Gasteiger partial charge >= 0.3 is 0 Å². The molecule has 3 amide bonds. The highest BCUT2D eigenvalue weighted by molar-refractivity contribution is 6.31. The van der Waals surface area contributed by atoms with Crippen molar-refractivity contribution in [1.29, 1.82) is 0 Å². The molecule has 1 aliphatic rings. The topological polar surface area (TPSA) is 95.9 Å². The summed E-state index contributed by atoms with van der Waals surface area (Å²) in [4.78, 5) is 40.8. The van der Waals surface area contributed by atoms with E-state index in [0.29, 0.717) is 41.9 Å². The molecule has 2 N–H and O–H groups in total. The van der Waals surface area contributed by atoms with Gasteiger partial charge in [0, 0.05) is 59.9 Å². The van der Waals surface area contributed by atoms with Crippen LogP contribution in [0.25, 0.3) is 10.9 Å². The van der Waals surface area contributed by atoms with Crippen molar-refractivity contribution in [1.82, 2.24) is 20.3 Å². The Hall–Kier alpha value is -3.27. The van der Waals surface area contributed by atoms with Crippen molar-refractivity contribution in [3.63, 3.8) is 0 Å². The monoisotopic (exact) mass is 517 g/mol. The molecule has 184 valence electrons. The number of nitrogens with one attached hydrogen (secondary N) is 2. The molecule has 9 nitrogen and oxygen atoms in total. The lowest BCUT2D eigenvalue weighted by atomic mass is 10.2. The third kappa shape index (κ3) is 6.05. The minimum absolute atomic E-state index is 0.193. The zero-order valence-corrected chi connectivity index (χ0v) is 20.6. The molecule has 0 radical (unpaired) electrons. The fraction of sp³-hybridized carbons (Fsp3) is 0.292. The number of halogens is 2. The molecule has 0 atom stereocenters. The van der Waals surface area contributed by atoms with Crippen molar-refractivity contribution in [2.75, 3.05) is 44.3 Å². The third-order valence-electron chi connectivity index (χ3n) is 5.82. The maximum atomic E-state index is 12.5. The Balaban J connectivity index is 1.17. The van der Waals surface area contributed by atoms with Gasteiger partial charge in [0.25, 0.3) is 11.8 Å². The molecule has 4 rings (SSSR count). The van der Waals surface area contributed by atoms with E-state index in [-0.39, 0.29) is 19.1 Å². The third-order valence-corrected chi connectivity index (χ3v) is 6.29. The zero-order chi connectivity index (χ0) is 24.9. The Bertz CT molecular complexity index is 1250. The van der Waals surface area contributed by atoms with E-state index in [9.17, 15) is 14.4 Å². The minimum atomic E-state index is -0.571. The van der Waals surface area contributed by atoms with Crippen molar-refractivity contribution in [2.45, 2.75) is 0 Å². The van der Waals surface area contributed by atoms with E-state index in [1.54, 1.807) is 34.7 Å². The van der Waals surface area contributed by atoms with Gasteiger partial charge in [0.2, 0.25) is 5.91 Å². The minimum Gasteiger partial charge on any atom is -0.368 e. The second kappa shape index (κ2) is 11.0. The molecule has 1 aliphatic heterocycles. The summed E-state index contributed by atoms with van der Waals surface area (Å²) < 4.78 is 6.96. The molecule has 1 fully saturated rings. The van der Waals surface area contributed by atoms with Gasteiger partial charge in [-0.15, -0.1) is 0 Å². The molecular weight excluding hydrogens is 493 g/mol. The van der Waals surface area contributed by atoms with Crippen LogP contribution in [0.3, 0.4) is 0 Å². The highest BCUT2D eigenvalue weighted by Crippen LogP contribution is 2.23. The summed E-state index contributed by atoms with van der Waals surface area (Å²) in [6.45, 7) is 1.88. The van der Waals surface area contributed by atoms with Crippen LogP contribution in [0.4, 0.5) is 5.69 Å². The van der Waals surface area contributed by atoms with Crippen LogP contribution in [0, 0.1) is 0 Å². The van der Waals surface area contributed by atoms with Crippen molar-refractivity contribution in [3.05, 3.63) is 64.3 Å². The highest BCUT2D eigenvalue weighted by atomic mass is 35.5. The number of fused-ring (bicyclic) bond motifs is 1. The maximum Gasteiger partial charge on any atom is 0.286 e. The van der Waals surface area contributed by atoms with Gasteiger partial charge in [-0.05, 0) is 42.5 Å². The Morgan fingerprint density at radius 2 is 1.66 bits per heavy atom. The predicted octanol–water partition coefficient (Wildman–Crippen LogP) is 2.61. The Kier molecular flexibility index (Phi) is 7.80. The first-order chi connectivity index (χ1) is 16.8. The molecule has 1 aromatic heterocycles. The molecule has 1 saturated heterocycles. The summed E-state index contributed by atoms with van der Waals surface area (Å²) in [7, 11) is 1.75. The number of rotatable bonds is 6. The lowest BCUT2D eigenvalue weighted by Crippen LogP contribution is -2.50. The van der Waals surface area contributed by atoms with E-state index in [0.717, 1.165) is 16.6 Å². The predicted molar refractivity (Wildman–Crippen MR) is 135 cm³/mol. The number of benzene rings is 2. The molecule has 2 heterocycles. The van der Waals surface area contributed by atoms with E-state index in [1.807, 2.05) is 30.3 Å². The lowest BCUT2D eigenvalue weighted by Gasteiger charge is -2.36. The van der Waals surface area contributed by atoms with Gasteiger partial charge in [0.05, 0.1) is 0 Å². The maximum absolute atomic E-state index is 12.5. The fourth-order valence-corrected chi connectivity index (χ4v) is 4.34. The second-order valence-electron chi connectivity index (χ2n) is 8.13. The number of aryl methyl sites for hydroxylation is 1. The molecule has 0 aliphatic carbocycles. The van der Waals surface area contributed by atoms with E-state index in [4.69, 9.17) is 27.9 Å². The van der Waals surface area contributed by atoms with Crippen LogP contribution < -0.4 is 15.8 Å². The zero-order valence-electron chi connectivity index (χ0n) is 19.1. The van der Waals surface area contributed by atoms with Crippen LogP contribution in [-0.4, -0.2) is 66.6 Å². The number of ether oxygens (including phenoxy) is 1. The van der Waals surface area contributed by atoms with Gasteiger partial charge in [-0.2, -0.15) is 0 Å². The Morgan fingerprint density at radius 3 is 2.40 bits per heavy atom. The smallest absolute Gasteiger partial charge is 0.286 e. The van der Waals surface area contributed by atoms with E-state index >= 15 is 0 Å².